The van der Waals surface area contributed by atoms with Crippen molar-refractivity contribution >= 4 is 10.0 Å². The monoisotopic (exact) mass is 308 g/mol. The minimum Gasteiger partial charge on any atom is -0.390 e. The predicted molar refractivity (Wildman–Crippen MR) is 78.3 cm³/mol. The molecule has 6 nitrogen and oxygen atoms in total. The first-order chi connectivity index (χ1) is 9.99. The van der Waals surface area contributed by atoms with E-state index in [-0.39, 0.29) is 23.5 Å². The van der Waals surface area contributed by atoms with E-state index in [1.54, 1.807) is 30.3 Å². The topological polar surface area (TPSA) is 88.4 Å². The number of sulfonamides is 1. The molecule has 0 bridgehead atoms. The van der Waals surface area contributed by atoms with Gasteiger partial charge in [-0.15, -0.1) is 0 Å². The maximum atomic E-state index is 12.0. The molecule has 0 spiro atoms. The molecular weight excluding hydrogens is 292 g/mol. The second kappa shape index (κ2) is 6.66. The summed E-state index contributed by atoms with van der Waals surface area (Å²) in [6, 6.07) is 12.5. The third-order valence-corrected chi connectivity index (χ3v) is 4.31. The number of nitrogens with one attached hydrogen (secondary N) is 1. The van der Waals surface area contributed by atoms with Gasteiger partial charge in [0.1, 0.15) is 0 Å². The quantitative estimate of drug-likeness (QED) is 0.797. The Morgan fingerprint density at radius 3 is 2.43 bits per heavy atom. The zero-order valence-electron chi connectivity index (χ0n) is 11.2. The summed E-state index contributed by atoms with van der Waals surface area (Å²) >= 11 is 0. The first-order valence-electron chi connectivity index (χ1n) is 6.37. The molecule has 2 aromatic rings. The van der Waals surface area contributed by atoms with Gasteiger partial charge >= 0.3 is 0 Å². The van der Waals surface area contributed by atoms with Crippen LogP contribution in [-0.4, -0.2) is 30.7 Å². The summed E-state index contributed by atoms with van der Waals surface area (Å²) < 4.78 is 27.6. The van der Waals surface area contributed by atoms with Crippen LogP contribution < -0.4 is 10.3 Å². The van der Waals surface area contributed by atoms with Gasteiger partial charge < -0.3 is 9.67 Å². The van der Waals surface area contributed by atoms with Gasteiger partial charge in [-0.25, -0.2) is 13.1 Å². The maximum Gasteiger partial charge on any atom is 0.250 e. The molecule has 0 amide bonds. The molecule has 0 saturated carbocycles. The van der Waals surface area contributed by atoms with Gasteiger partial charge in [-0.05, 0) is 18.2 Å². The summed E-state index contributed by atoms with van der Waals surface area (Å²) in [5.41, 5.74) is -0.248. The highest BCUT2D eigenvalue weighted by atomic mass is 32.2. The van der Waals surface area contributed by atoms with Crippen LogP contribution in [0.15, 0.2) is 64.4 Å². The van der Waals surface area contributed by atoms with E-state index in [4.69, 9.17) is 0 Å². The van der Waals surface area contributed by atoms with Crippen molar-refractivity contribution in [1.29, 1.82) is 0 Å². The lowest BCUT2D eigenvalue weighted by Crippen LogP contribution is -2.36. The molecule has 0 aliphatic carbocycles. The van der Waals surface area contributed by atoms with Crippen LogP contribution >= 0.6 is 0 Å². The number of hydrogen-bond acceptors (Lipinski definition) is 4. The summed E-state index contributed by atoms with van der Waals surface area (Å²) in [4.78, 5) is 11.6. The first-order valence-corrected chi connectivity index (χ1v) is 7.85. The van der Waals surface area contributed by atoms with E-state index >= 15 is 0 Å². The van der Waals surface area contributed by atoms with Crippen LogP contribution in [0.2, 0.25) is 0 Å². The van der Waals surface area contributed by atoms with Crippen molar-refractivity contribution < 1.29 is 13.5 Å². The zero-order chi connectivity index (χ0) is 15.3. The zero-order valence-corrected chi connectivity index (χ0v) is 12.0. The Balaban J connectivity index is 1.97. The van der Waals surface area contributed by atoms with Crippen molar-refractivity contribution in [3.8, 4) is 0 Å². The number of rotatable bonds is 6. The molecule has 112 valence electrons. The number of benzene rings is 1. The van der Waals surface area contributed by atoms with E-state index in [1.807, 2.05) is 0 Å². The molecule has 1 aromatic heterocycles. The normalized spacial score (nSPS) is 13.0. The van der Waals surface area contributed by atoms with E-state index in [9.17, 15) is 18.3 Å². The summed E-state index contributed by atoms with van der Waals surface area (Å²) in [7, 11) is -3.66. The van der Waals surface area contributed by atoms with Gasteiger partial charge in [0.15, 0.2) is 0 Å². The fraction of sp³-hybridized carbons (Fsp3) is 0.214. The molecule has 7 heteroatoms. The van der Waals surface area contributed by atoms with Gasteiger partial charge in [-0.1, -0.05) is 24.3 Å². The standard InChI is InChI=1S/C14H16N2O4S/c17-12(11-16-9-5-4-8-14(16)18)10-15-21(19,20)13-6-2-1-3-7-13/h1-9,12,15,17H,10-11H2. The highest BCUT2D eigenvalue weighted by Crippen LogP contribution is 2.06. The molecule has 1 aromatic carbocycles. The van der Waals surface area contributed by atoms with E-state index in [0.29, 0.717) is 0 Å². The minimum absolute atomic E-state index is 0.0248. The summed E-state index contributed by atoms with van der Waals surface area (Å²) in [5, 5.41) is 9.85. The van der Waals surface area contributed by atoms with Crippen LogP contribution in [0.3, 0.4) is 0 Å². The molecule has 0 aliphatic heterocycles. The molecule has 21 heavy (non-hydrogen) atoms. The summed E-state index contributed by atoms with van der Waals surface area (Å²) in [6.45, 7) is -0.143. The minimum atomic E-state index is -3.66. The average molecular weight is 308 g/mol. The molecule has 1 atom stereocenters. The van der Waals surface area contributed by atoms with Crippen LogP contribution in [0.4, 0.5) is 0 Å². The van der Waals surface area contributed by atoms with Gasteiger partial charge in [0.05, 0.1) is 17.5 Å². The Bertz CT molecular complexity index is 741. The summed E-state index contributed by atoms with van der Waals surface area (Å²) in [5.74, 6) is 0. The first kappa shape index (κ1) is 15.4. The molecule has 1 heterocycles. The molecule has 2 rings (SSSR count). The van der Waals surface area contributed by atoms with E-state index in [0.717, 1.165) is 0 Å². The maximum absolute atomic E-state index is 12.0. The number of aliphatic hydroxyl groups is 1. The number of hydrogen-bond donors (Lipinski definition) is 2. The smallest absolute Gasteiger partial charge is 0.250 e. The Morgan fingerprint density at radius 1 is 1.10 bits per heavy atom. The van der Waals surface area contributed by atoms with Crippen LogP contribution in [0.1, 0.15) is 0 Å². The molecular formula is C14H16N2O4S. The Kier molecular flexibility index (Phi) is 4.89. The predicted octanol–water partition coefficient (Wildman–Crippen LogP) is 0.188. The molecule has 0 saturated heterocycles. The van der Waals surface area contributed by atoms with Crippen LogP contribution in [0, 0.1) is 0 Å². The second-order valence-corrected chi connectivity index (χ2v) is 6.28. The van der Waals surface area contributed by atoms with Crippen LogP contribution in [0.5, 0.6) is 0 Å². The highest BCUT2D eigenvalue weighted by molar-refractivity contribution is 7.89. The fourth-order valence-electron chi connectivity index (χ4n) is 1.79. The van der Waals surface area contributed by atoms with Gasteiger partial charge in [-0.3, -0.25) is 4.79 Å². The van der Waals surface area contributed by atoms with E-state index < -0.39 is 16.1 Å². The Hall–Kier alpha value is -1.96. The SMILES string of the molecule is O=c1ccccn1CC(O)CNS(=O)(=O)c1ccccc1. The number of nitrogens with zero attached hydrogens (tertiary/aromatic N) is 1. The Labute approximate surface area is 122 Å². The molecule has 0 radical (unpaired) electrons. The lowest BCUT2D eigenvalue weighted by atomic mass is 10.3. The second-order valence-electron chi connectivity index (χ2n) is 4.51. The van der Waals surface area contributed by atoms with Gasteiger partial charge in [0.25, 0.3) is 5.56 Å². The Morgan fingerprint density at radius 2 is 1.76 bits per heavy atom. The molecule has 2 N–H and O–H groups in total. The fourth-order valence-corrected chi connectivity index (χ4v) is 2.89. The number of aliphatic hydroxyl groups excluding tert-OH is 1. The third-order valence-electron chi connectivity index (χ3n) is 2.87. The largest absolute Gasteiger partial charge is 0.390 e. The lowest BCUT2D eigenvalue weighted by molar-refractivity contribution is 0.156. The van der Waals surface area contributed by atoms with Crippen LogP contribution in [0.25, 0.3) is 0 Å². The van der Waals surface area contributed by atoms with E-state index in [1.165, 1.54) is 29.0 Å². The number of aromatic nitrogens is 1. The van der Waals surface area contributed by atoms with Gasteiger partial charge in [0, 0.05) is 18.8 Å². The average Bonchev–Trinajstić information content (AvgIpc) is 2.49. The lowest BCUT2D eigenvalue weighted by Gasteiger charge is -2.13. The van der Waals surface area contributed by atoms with Crippen molar-refractivity contribution in [2.45, 2.75) is 17.5 Å². The van der Waals surface area contributed by atoms with E-state index in [2.05, 4.69) is 4.72 Å². The highest BCUT2D eigenvalue weighted by Gasteiger charge is 2.15. The van der Waals surface area contributed by atoms with Gasteiger partial charge in [0.2, 0.25) is 10.0 Å². The summed E-state index contributed by atoms with van der Waals surface area (Å²) in [6.07, 6.45) is 0.542. The van der Waals surface area contributed by atoms with Crippen molar-refractivity contribution in [3.63, 3.8) is 0 Å². The van der Waals surface area contributed by atoms with Crippen molar-refractivity contribution in [1.82, 2.24) is 9.29 Å². The number of pyridine rings is 1. The van der Waals surface area contributed by atoms with Crippen molar-refractivity contribution in [2.24, 2.45) is 0 Å². The van der Waals surface area contributed by atoms with Crippen molar-refractivity contribution in [2.75, 3.05) is 6.54 Å². The molecule has 0 aliphatic rings. The molecule has 1 unspecified atom stereocenters. The molecule has 0 fully saturated rings. The van der Waals surface area contributed by atoms with Crippen molar-refractivity contribution in [3.05, 3.63) is 65.1 Å². The van der Waals surface area contributed by atoms with Gasteiger partial charge in [-0.2, -0.15) is 0 Å². The van der Waals surface area contributed by atoms with Crippen LogP contribution in [-0.2, 0) is 16.6 Å². The third kappa shape index (κ3) is 4.25.